The number of hydrogen-bond acceptors (Lipinski definition) is 5. The fourth-order valence-corrected chi connectivity index (χ4v) is 4.64. The van der Waals surface area contributed by atoms with E-state index in [0.717, 1.165) is 18.6 Å². The van der Waals surface area contributed by atoms with Crippen LogP contribution in [0.4, 0.5) is 11.4 Å². The maximum Gasteiger partial charge on any atom is 0.261 e. The molecule has 3 aromatic carbocycles. The lowest BCUT2D eigenvalue weighted by molar-refractivity contribution is 0.0977. The van der Waals surface area contributed by atoms with Gasteiger partial charge in [-0.1, -0.05) is 50.8 Å². The lowest BCUT2D eigenvalue weighted by Gasteiger charge is -2.12. The predicted octanol–water partition coefficient (Wildman–Crippen LogP) is 5.96. The summed E-state index contributed by atoms with van der Waals surface area (Å²) in [6.45, 7) is 2.85. The molecule has 0 unspecified atom stereocenters. The van der Waals surface area contributed by atoms with Gasteiger partial charge in [0.2, 0.25) is 0 Å². The second kappa shape index (κ2) is 13.6. The average Bonchev–Trinajstić information content (AvgIpc) is 2.87. The van der Waals surface area contributed by atoms with Gasteiger partial charge in [0, 0.05) is 16.9 Å². The van der Waals surface area contributed by atoms with Crippen LogP contribution in [0, 0.1) is 0 Å². The van der Waals surface area contributed by atoms with Gasteiger partial charge < -0.3 is 10.1 Å². The largest absolute Gasteiger partial charge is 0.494 e. The quantitative estimate of drug-likeness (QED) is 0.199. The molecule has 0 radical (unpaired) electrons. The number of unbranched alkanes of at least 4 members (excludes halogenated alkanes) is 4. The highest BCUT2D eigenvalue weighted by atomic mass is 32.2. The number of sulfonamides is 1. The Morgan fingerprint density at radius 2 is 1.50 bits per heavy atom. The van der Waals surface area contributed by atoms with Crippen molar-refractivity contribution in [1.82, 2.24) is 5.32 Å². The molecule has 3 N–H and O–H groups in total. The summed E-state index contributed by atoms with van der Waals surface area (Å²) in [6, 6.07) is 21.6. The molecule has 0 aliphatic rings. The second-order valence-corrected chi connectivity index (χ2v) is 10.3. The lowest BCUT2D eigenvalue weighted by Crippen LogP contribution is -2.34. The number of anilines is 2. The van der Waals surface area contributed by atoms with Crippen LogP contribution >= 0.6 is 12.2 Å². The minimum atomic E-state index is -3.72. The smallest absolute Gasteiger partial charge is 0.261 e. The first-order valence-electron chi connectivity index (χ1n) is 11.9. The highest BCUT2D eigenvalue weighted by molar-refractivity contribution is 7.92. The number of hydrogen-bond donors (Lipinski definition) is 3. The zero-order valence-electron chi connectivity index (χ0n) is 20.2. The number of thiocarbonyl (C=S) groups is 1. The fraction of sp³-hybridized carbons (Fsp3) is 0.259. The summed E-state index contributed by atoms with van der Waals surface area (Å²) in [5, 5.41) is 5.62. The first kappa shape index (κ1) is 27.2. The fourth-order valence-electron chi connectivity index (χ4n) is 3.37. The van der Waals surface area contributed by atoms with Gasteiger partial charge in [0.25, 0.3) is 15.9 Å². The molecule has 0 aliphatic carbocycles. The van der Waals surface area contributed by atoms with Crippen molar-refractivity contribution in [2.24, 2.45) is 0 Å². The van der Waals surface area contributed by atoms with E-state index in [1.54, 1.807) is 66.7 Å². The van der Waals surface area contributed by atoms with E-state index in [4.69, 9.17) is 17.0 Å². The molecule has 0 saturated heterocycles. The third-order valence-electron chi connectivity index (χ3n) is 5.31. The standard InChI is InChI=1S/C27H31N3O4S2/c1-2-3-4-5-9-20-34-24-16-12-21(13-17-24)26(31)29-27(35)28-22-14-18-25(19-15-22)36(32,33)30-23-10-7-6-8-11-23/h6-8,10-19,30H,2-5,9,20H2,1H3,(H2,28,29,31,35). The third kappa shape index (κ3) is 8.66. The third-order valence-corrected chi connectivity index (χ3v) is 6.91. The lowest BCUT2D eigenvalue weighted by atomic mass is 10.2. The number of carbonyl (C=O) groups is 1. The summed E-state index contributed by atoms with van der Waals surface area (Å²) in [7, 11) is -3.72. The molecule has 190 valence electrons. The zero-order chi connectivity index (χ0) is 25.8. The molecule has 0 fully saturated rings. The molecule has 3 aromatic rings. The van der Waals surface area contributed by atoms with E-state index in [9.17, 15) is 13.2 Å². The molecule has 0 heterocycles. The summed E-state index contributed by atoms with van der Waals surface area (Å²) in [4.78, 5) is 12.6. The van der Waals surface area contributed by atoms with Gasteiger partial charge in [-0.05, 0) is 79.3 Å². The number of carbonyl (C=O) groups excluding carboxylic acids is 1. The number of para-hydroxylation sites is 1. The van der Waals surface area contributed by atoms with Crippen LogP contribution in [-0.2, 0) is 10.0 Å². The van der Waals surface area contributed by atoms with Crippen LogP contribution in [0.3, 0.4) is 0 Å². The van der Waals surface area contributed by atoms with Crippen LogP contribution in [0.5, 0.6) is 5.75 Å². The highest BCUT2D eigenvalue weighted by Crippen LogP contribution is 2.18. The molecule has 0 aliphatic heterocycles. The van der Waals surface area contributed by atoms with Crippen LogP contribution in [-0.4, -0.2) is 26.0 Å². The van der Waals surface area contributed by atoms with Crippen LogP contribution in [0.1, 0.15) is 49.4 Å². The van der Waals surface area contributed by atoms with Crippen LogP contribution in [0.2, 0.25) is 0 Å². The molecule has 36 heavy (non-hydrogen) atoms. The van der Waals surface area contributed by atoms with Gasteiger partial charge in [-0.25, -0.2) is 8.42 Å². The Bertz CT molecular complexity index is 1230. The van der Waals surface area contributed by atoms with Crippen LogP contribution < -0.4 is 20.1 Å². The van der Waals surface area contributed by atoms with E-state index in [1.807, 2.05) is 0 Å². The van der Waals surface area contributed by atoms with E-state index >= 15 is 0 Å². The monoisotopic (exact) mass is 525 g/mol. The first-order chi connectivity index (χ1) is 17.4. The second-order valence-electron chi connectivity index (χ2n) is 8.19. The highest BCUT2D eigenvalue weighted by Gasteiger charge is 2.14. The van der Waals surface area contributed by atoms with E-state index < -0.39 is 10.0 Å². The number of rotatable bonds is 12. The first-order valence-corrected chi connectivity index (χ1v) is 13.8. The van der Waals surface area contributed by atoms with Crippen molar-refractivity contribution in [3.8, 4) is 5.75 Å². The molecule has 7 nitrogen and oxygen atoms in total. The van der Waals surface area contributed by atoms with Crippen molar-refractivity contribution in [2.45, 2.75) is 43.9 Å². The maximum absolute atomic E-state index is 12.5. The molecule has 1 amide bonds. The van der Waals surface area contributed by atoms with Crippen molar-refractivity contribution in [3.63, 3.8) is 0 Å². The number of nitrogens with one attached hydrogen (secondary N) is 3. The molecule has 0 bridgehead atoms. The molecule has 0 spiro atoms. The Morgan fingerprint density at radius 3 is 2.17 bits per heavy atom. The van der Waals surface area contributed by atoms with Gasteiger partial charge in [-0.3, -0.25) is 14.8 Å². The van der Waals surface area contributed by atoms with Crippen molar-refractivity contribution in [1.29, 1.82) is 0 Å². The SMILES string of the molecule is CCCCCCCOc1ccc(C(=O)NC(=S)Nc2ccc(S(=O)(=O)Nc3ccccc3)cc2)cc1. The Morgan fingerprint density at radius 1 is 0.833 bits per heavy atom. The Balaban J connectivity index is 1.47. The number of ether oxygens (including phenoxy) is 1. The molecule has 0 aromatic heterocycles. The zero-order valence-corrected chi connectivity index (χ0v) is 21.8. The molecule has 0 atom stereocenters. The molecule has 9 heteroatoms. The van der Waals surface area contributed by atoms with E-state index in [1.165, 1.54) is 31.4 Å². The minimum absolute atomic E-state index is 0.102. The summed E-state index contributed by atoms with van der Waals surface area (Å²) in [6.07, 6.45) is 5.86. The van der Waals surface area contributed by atoms with Crippen molar-refractivity contribution >= 4 is 44.6 Å². The van der Waals surface area contributed by atoms with Crippen LogP contribution in [0.25, 0.3) is 0 Å². The Labute approximate surface area is 218 Å². The van der Waals surface area contributed by atoms with E-state index in [-0.39, 0.29) is 15.9 Å². The summed E-state index contributed by atoms with van der Waals surface area (Å²) in [5.41, 5.74) is 1.47. The molecule has 3 rings (SSSR count). The topological polar surface area (TPSA) is 96.5 Å². The van der Waals surface area contributed by atoms with Crippen molar-refractivity contribution in [2.75, 3.05) is 16.6 Å². The van der Waals surface area contributed by atoms with Gasteiger partial charge in [-0.15, -0.1) is 0 Å². The van der Waals surface area contributed by atoms with Crippen molar-refractivity contribution < 1.29 is 17.9 Å². The van der Waals surface area contributed by atoms with Crippen molar-refractivity contribution in [3.05, 3.63) is 84.4 Å². The minimum Gasteiger partial charge on any atom is -0.494 e. The Hall–Kier alpha value is -3.43. The number of benzene rings is 3. The summed E-state index contributed by atoms with van der Waals surface area (Å²) < 4.78 is 33.4. The molecular weight excluding hydrogens is 494 g/mol. The summed E-state index contributed by atoms with van der Waals surface area (Å²) >= 11 is 5.23. The molecular formula is C27H31N3O4S2. The summed E-state index contributed by atoms with van der Waals surface area (Å²) in [5.74, 6) is 0.365. The van der Waals surface area contributed by atoms with E-state index in [2.05, 4.69) is 22.3 Å². The maximum atomic E-state index is 12.5. The van der Waals surface area contributed by atoms with Gasteiger partial charge >= 0.3 is 0 Å². The van der Waals surface area contributed by atoms with Gasteiger partial charge in [-0.2, -0.15) is 0 Å². The van der Waals surface area contributed by atoms with Gasteiger partial charge in [0.1, 0.15) is 5.75 Å². The average molecular weight is 526 g/mol. The van der Waals surface area contributed by atoms with Gasteiger partial charge in [0.15, 0.2) is 5.11 Å². The Kier molecular flexibility index (Phi) is 10.3. The number of amides is 1. The molecule has 0 saturated carbocycles. The normalized spacial score (nSPS) is 10.9. The van der Waals surface area contributed by atoms with E-state index in [0.29, 0.717) is 23.5 Å². The van der Waals surface area contributed by atoms with Crippen LogP contribution in [0.15, 0.2) is 83.8 Å². The predicted molar refractivity (Wildman–Crippen MR) is 148 cm³/mol. The van der Waals surface area contributed by atoms with Gasteiger partial charge in [0.05, 0.1) is 11.5 Å².